The standard InChI is InChI=1S/C39H58O6S/c1-4-5-6-7-8-9-10-11-12-13-14-15-16-17-24-29-37(40)45-33-39(2,3)46(42,43)32-36(30-34-25-20-18-21-26-34)38(41)44-31-35-27-22-19-23-28-35/h11-12,18-23,25-28,36H,4-10,13-17,24,29-33H2,1-3H3/b12-11-. The largest absolute Gasteiger partial charge is 0.464 e. The average Bonchev–Trinajstić information content (AvgIpc) is 3.05. The van der Waals surface area contributed by atoms with Crippen molar-refractivity contribution in [3.8, 4) is 0 Å². The highest BCUT2D eigenvalue weighted by molar-refractivity contribution is 7.92. The van der Waals surface area contributed by atoms with Crippen molar-refractivity contribution >= 4 is 21.8 Å². The molecular formula is C39H58O6S. The Kier molecular flexibility index (Phi) is 19.3. The summed E-state index contributed by atoms with van der Waals surface area (Å²) in [5.41, 5.74) is 1.68. The highest BCUT2D eigenvalue weighted by Gasteiger charge is 2.39. The summed E-state index contributed by atoms with van der Waals surface area (Å²) in [6.45, 7) is 5.16. The molecule has 256 valence electrons. The molecule has 0 fully saturated rings. The summed E-state index contributed by atoms with van der Waals surface area (Å²) in [6.07, 6.45) is 20.5. The minimum atomic E-state index is -3.84. The Labute approximate surface area is 279 Å². The van der Waals surface area contributed by atoms with Crippen molar-refractivity contribution in [1.29, 1.82) is 0 Å². The average molecular weight is 655 g/mol. The van der Waals surface area contributed by atoms with Gasteiger partial charge in [0.05, 0.1) is 11.7 Å². The lowest BCUT2D eigenvalue weighted by Crippen LogP contribution is -2.42. The van der Waals surface area contributed by atoms with Crippen molar-refractivity contribution in [2.24, 2.45) is 5.92 Å². The van der Waals surface area contributed by atoms with Crippen LogP contribution < -0.4 is 0 Å². The van der Waals surface area contributed by atoms with Gasteiger partial charge in [0, 0.05) is 6.42 Å². The van der Waals surface area contributed by atoms with Crippen molar-refractivity contribution in [1.82, 2.24) is 0 Å². The lowest BCUT2D eigenvalue weighted by atomic mass is 10.0. The van der Waals surface area contributed by atoms with Crippen molar-refractivity contribution < 1.29 is 27.5 Å². The molecule has 0 aliphatic rings. The molecule has 7 heteroatoms. The first-order valence-electron chi connectivity index (χ1n) is 17.4. The summed E-state index contributed by atoms with van der Waals surface area (Å²) < 4.78 is 36.7. The maximum Gasteiger partial charge on any atom is 0.310 e. The van der Waals surface area contributed by atoms with E-state index in [1.165, 1.54) is 44.9 Å². The van der Waals surface area contributed by atoms with Crippen LogP contribution in [0.4, 0.5) is 0 Å². The lowest BCUT2D eigenvalue weighted by Gasteiger charge is -2.27. The van der Waals surface area contributed by atoms with E-state index in [9.17, 15) is 18.0 Å². The number of unbranched alkanes of at least 4 members (excludes halogenated alkanes) is 11. The topological polar surface area (TPSA) is 86.7 Å². The van der Waals surface area contributed by atoms with Crippen LogP contribution in [-0.4, -0.2) is 37.5 Å². The van der Waals surface area contributed by atoms with E-state index in [1.54, 1.807) is 13.8 Å². The Balaban J connectivity index is 1.71. The Morgan fingerprint density at radius 3 is 1.83 bits per heavy atom. The Morgan fingerprint density at radius 1 is 0.717 bits per heavy atom. The third-order valence-corrected chi connectivity index (χ3v) is 11.0. The van der Waals surface area contributed by atoms with Gasteiger partial charge < -0.3 is 9.47 Å². The number of esters is 2. The first-order valence-corrected chi connectivity index (χ1v) is 19.1. The molecule has 0 heterocycles. The maximum atomic E-state index is 13.5. The third kappa shape index (κ3) is 16.6. The number of ether oxygens (including phenoxy) is 2. The van der Waals surface area contributed by atoms with Crippen molar-refractivity contribution in [2.45, 2.75) is 128 Å². The minimum Gasteiger partial charge on any atom is -0.464 e. The Bertz CT molecular complexity index is 1240. The summed E-state index contributed by atoms with van der Waals surface area (Å²) in [4.78, 5) is 25.6. The molecular weight excluding hydrogens is 596 g/mol. The second kappa shape index (κ2) is 22.6. The summed E-state index contributed by atoms with van der Waals surface area (Å²) in [7, 11) is -3.84. The van der Waals surface area contributed by atoms with Gasteiger partial charge in [0.1, 0.15) is 18.0 Å². The SMILES string of the molecule is CCCCCCCC/C=C\CCCCCCCC(=O)OCC(C)(C)S(=O)(=O)CC(Cc1ccccc1)C(=O)OCc1ccccc1. The monoisotopic (exact) mass is 654 g/mol. The zero-order valence-corrected chi connectivity index (χ0v) is 29.4. The fraction of sp³-hybridized carbons (Fsp3) is 0.590. The van der Waals surface area contributed by atoms with E-state index in [4.69, 9.17) is 9.47 Å². The van der Waals surface area contributed by atoms with Crippen LogP contribution in [0.15, 0.2) is 72.8 Å². The molecule has 0 aliphatic carbocycles. The summed E-state index contributed by atoms with van der Waals surface area (Å²) in [5.74, 6) is -2.23. The molecule has 0 amide bonds. The maximum absolute atomic E-state index is 13.5. The van der Waals surface area contributed by atoms with Crippen LogP contribution >= 0.6 is 0 Å². The lowest BCUT2D eigenvalue weighted by molar-refractivity contribution is -0.149. The number of hydrogen-bond donors (Lipinski definition) is 0. The number of sulfone groups is 1. The van der Waals surface area contributed by atoms with Crippen molar-refractivity contribution in [3.63, 3.8) is 0 Å². The first kappa shape index (κ1) is 39.2. The second-order valence-corrected chi connectivity index (χ2v) is 15.7. The smallest absolute Gasteiger partial charge is 0.310 e. The molecule has 0 saturated carbocycles. The summed E-state index contributed by atoms with van der Waals surface area (Å²) in [5, 5.41) is 0. The van der Waals surface area contributed by atoms with Gasteiger partial charge in [0.25, 0.3) is 0 Å². The number of allylic oxidation sites excluding steroid dienone is 2. The van der Waals surface area contributed by atoms with Crippen LogP contribution in [0, 0.1) is 5.92 Å². The van der Waals surface area contributed by atoms with Gasteiger partial charge in [-0.15, -0.1) is 0 Å². The van der Waals surface area contributed by atoms with Gasteiger partial charge in [-0.05, 0) is 63.5 Å². The van der Waals surface area contributed by atoms with Crippen LogP contribution in [0.5, 0.6) is 0 Å². The molecule has 0 aromatic heterocycles. The zero-order chi connectivity index (χ0) is 33.5. The zero-order valence-electron chi connectivity index (χ0n) is 28.6. The van der Waals surface area contributed by atoms with Crippen LogP contribution in [0.2, 0.25) is 0 Å². The van der Waals surface area contributed by atoms with Crippen LogP contribution in [0.1, 0.15) is 122 Å². The van der Waals surface area contributed by atoms with Crippen molar-refractivity contribution in [2.75, 3.05) is 12.4 Å². The molecule has 0 spiro atoms. The molecule has 46 heavy (non-hydrogen) atoms. The van der Waals surface area contributed by atoms with Crippen LogP contribution in [0.25, 0.3) is 0 Å². The van der Waals surface area contributed by atoms with Gasteiger partial charge in [-0.3, -0.25) is 9.59 Å². The predicted molar refractivity (Wildman–Crippen MR) is 188 cm³/mol. The van der Waals surface area contributed by atoms with E-state index < -0.39 is 32.2 Å². The van der Waals surface area contributed by atoms with E-state index in [-0.39, 0.29) is 32.0 Å². The molecule has 2 rings (SSSR count). The van der Waals surface area contributed by atoms with Crippen molar-refractivity contribution in [3.05, 3.63) is 83.9 Å². The third-order valence-electron chi connectivity index (χ3n) is 8.37. The van der Waals surface area contributed by atoms with Gasteiger partial charge in [-0.2, -0.15) is 0 Å². The molecule has 6 nitrogen and oxygen atoms in total. The molecule has 0 N–H and O–H groups in total. The fourth-order valence-corrected chi connectivity index (χ4v) is 6.68. The van der Waals surface area contributed by atoms with Gasteiger partial charge >= 0.3 is 11.9 Å². The Hall–Kier alpha value is -2.93. The van der Waals surface area contributed by atoms with Crippen LogP contribution in [0.3, 0.4) is 0 Å². The van der Waals surface area contributed by atoms with E-state index in [2.05, 4.69) is 19.1 Å². The van der Waals surface area contributed by atoms with E-state index in [1.807, 2.05) is 60.7 Å². The second-order valence-electron chi connectivity index (χ2n) is 13.0. The number of hydrogen-bond acceptors (Lipinski definition) is 6. The van der Waals surface area contributed by atoms with E-state index in [0.717, 1.165) is 49.7 Å². The molecule has 0 radical (unpaired) electrons. The van der Waals surface area contributed by atoms with Crippen LogP contribution in [-0.2, 0) is 41.9 Å². The predicted octanol–water partition coefficient (Wildman–Crippen LogP) is 9.36. The number of benzene rings is 2. The molecule has 2 aromatic carbocycles. The minimum absolute atomic E-state index is 0.0718. The molecule has 0 bridgehead atoms. The van der Waals surface area contributed by atoms with Gasteiger partial charge in [0.2, 0.25) is 0 Å². The van der Waals surface area contributed by atoms with Gasteiger partial charge in [-0.1, -0.05) is 131 Å². The Morgan fingerprint density at radius 2 is 1.24 bits per heavy atom. The number of carbonyl (C=O) groups is 2. The normalized spacial score (nSPS) is 12.7. The highest BCUT2D eigenvalue weighted by atomic mass is 32.2. The van der Waals surface area contributed by atoms with E-state index >= 15 is 0 Å². The molecule has 0 saturated heterocycles. The molecule has 0 aliphatic heterocycles. The fourth-order valence-electron chi connectivity index (χ4n) is 5.20. The van der Waals surface area contributed by atoms with E-state index in [0.29, 0.717) is 0 Å². The number of rotatable bonds is 25. The van der Waals surface area contributed by atoms with Gasteiger partial charge in [-0.25, -0.2) is 8.42 Å². The molecule has 1 unspecified atom stereocenters. The quantitative estimate of drug-likeness (QED) is 0.0602. The highest BCUT2D eigenvalue weighted by Crippen LogP contribution is 2.24. The summed E-state index contributed by atoms with van der Waals surface area (Å²) in [6, 6.07) is 18.6. The van der Waals surface area contributed by atoms with Gasteiger partial charge in [0.15, 0.2) is 9.84 Å². The summed E-state index contributed by atoms with van der Waals surface area (Å²) >= 11 is 0. The first-order chi connectivity index (χ1) is 22.1. The number of carbonyl (C=O) groups excluding carboxylic acids is 2. The molecule has 1 atom stereocenters. The molecule has 2 aromatic rings.